The molecule has 0 N–H and O–H groups in total. The number of benzene rings is 11. The zero-order chi connectivity index (χ0) is 104. The minimum absolute atomic E-state index is 0.285. The molecular weight excluding hydrogens is 1270 g/mol. The van der Waals surface area contributed by atoms with Gasteiger partial charge >= 0.3 is 0 Å². The van der Waals surface area contributed by atoms with E-state index >= 15 is 17.6 Å². The number of nitrogens with zero attached hydrogens (tertiary/aromatic N) is 4. The molecule has 0 aliphatic carbocycles. The van der Waals surface area contributed by atoms with Crippen molar-refractivity contribution < 1.29 is 72.4 Å². The highest BCUT2D eigenvalue weighted by atomic mass is 32.1. The van der Waals surface area contributed by atoms with Gasteiger partial charge in [-0.15, -0.1) is 22.7 Å². The molecule has 2 aromatic heterocycles. The number of halogens is 4. The average molecular weight is 1390 g/mol. The number of anilines is 12. The lowest BCUT2D eigenvalue weighted by atomic mass is 9.33. The molecule has 0 atom stereocenters. The number of fused-ring (bicyclic) bond motifs is 12. The summed E-state index contributed by atoms with van der Waals surface area (Å²) in [4.78, 5) is 2.57. The Morgan fingerprint density at radius 1 is 0.340 bits per heavy atom. The van der Waals surface area contributed by atoms with Gasteiger partial charge in [-0.2, -0.15) is 0 Å². The normalized spacial score (nSPS) is 19.9. The lowest BCUT2D eigenvalue weighted by Gasteiger charge is -2.46. The van der Waals surface area contributed by atoms with E-state index in [1.165, 1.54) is 83.1 Å². The van der Waals surface area contributed by atoms with Crippen LogP contribution in [0.1, 0.15) is 171 Å². The van der Waals surface area contributed by atoms with E-state index in [0.29, 0.717) is 19.6 Å². The predicted molar refractivity (Wildman–Crippen MR) is 420 cm³/mol. The van der Waals surface area contributed by atoms with Gasteiger partial charge in [0.25, 0.3) is 13.4 Å². The lowest BCUT2D eigenvalue weighted by molar-refractivity contribution is 0.589. The minimum Gasteiger partial charge on any atom is -0.311 e. The van der Waals surface area contributed by atoms with E-state index in [4.69, 9.17) is 8.22 Å². The second-order valence-corrected chi connectivity index (χ2v) is 30.7. The summed E-state index contributed by atoms with van der Waals surface area (Å²) in [5, 5.41) is -1.77. The molecule has 494 valence electrons. The van der Waals surface area contributed by atoms with Crippen LogP contribution in [0, 0.1) is 37.0 Å². The summed E-state index contributed by atoms with van der Waals surface area (Å²) in [5.74, 6) is -7.96. The van der Waals surface area contributed by atoms with Crippen LogP contribution in [0.5, 0.6) is 0 Å². The maximum atomic E-state index is 17.4. The summed E-state index contributed by atoms with van der Waals surface area (Å²) in [6.07, 6.45) is 0. The van der Waals surface area contributed by atoms with Crippen molar-refractivity contribution in [3.05, 3.63) is 262 Å². The van der Waals surface area contributed by atoms with Gasteiger partial charge in [0.05, 0.1) is 69.1 Å². The molecule has 0 radical (unpaired) electrons. The predicted octanol–water partition coefficient (Wildman–Crippen LogP) is 22.0. The van der Waals surface area contributed by atoms with Crippen molar-refractivity contribution in [2.75, 3.05) is 19.6 Å². The molecule has 4 aliphatic rings. The lowest BCUT2D eigenvalue weighted by Crippen LogP contribution is -2.63. The van der Waals surface area contributed by atoms with Crippen molar-refractivity contribution >= 4 is 156 Å². The summed E-state index contributed by atoms with van der Waals surface area (Å²) in [6, 6.07) is -40.3. The molecule has 12 heteroatoms. The molecule has 0 saturated carbocycles. The molecule has 11 aromatic carbocycles. The Labute approximate surface area is 649 Å². The van der Waals surface area contributed by atoms with Gasteiger partial charge in [0.2, 0.25) is 0 Å². The Morgan fingerprint density at radius 2 is 0.630 bits per heavy atom. The summed E-state index contributed by atoms with van der Waals surface area (Å²) >= 11 is 0.570. The highest BCUT2D eigenvalue weighted by Gasteiger charge is 2.50. The molecule has 0 amide bonds. The molecule has 17 rings (SSSR count). The maximum absolute atomic E-state index is 17.4. The van der Waals surface area contributed by atoms with E-state index in [1.54, 1.807) is 0 Å². The zero-order valence-electron chi connectivity index (χ0n) is 95.3. The van der Waals surface area contributed by atoms with Crippen molar-refractivity contribution in [2.45, 2.75) is 118 Å². The summed E-state index contributed by atoms with van der Waals surface area (Å²) in [7, 11) is 0. The standard InChI is InChI=1S/C88H76B2F4N4S2/c1-49-41-71-79-73(43-49)97(59-35-27-55(28-36-59)87(9,10)11)81-61-45-51(77-65(91)17-15-18-66(77)92)21-39-75(61)99-83(81)89(79)63-48-70-64(47-69(63)95(71)57-31-23-53(24-32-57)85(3,4)5)90-80-72(96(70)58-33-25-54(26-34-58)86(6,7)8)42-50(2)44-74(80)98(60-37-29-56(30-38-60)88(12,13)14)82-62-46-52(22-40-76(62)100-84(82)90)78-67(93)19-16-20-68(78)94/h15-48H,1-14H3/i1D3,2D3,15D,16D,17D,18D,19D,20D,21D,22D,23D,24D,25D,26D,27D,28D,29D,30D,31D,32D,33D,34D,35D,36D,37D,38D,39D,40D,41D,42D,43D,44D,45D,46D,47D,48D. The van der Waals surface area contributed by atoms with Crippen LogP contribution in [0.25, 0.3) is 42.4 Å². The molecule has 100 heavy (non-hydrogen) atoms. The quantitative estimate of drug-likeness (QED) is 0.121. The van der Waals surface area contributed by atoms with Gasteiger partial charge in [-0.3, -0.25) is 0 Å². The van der Waals surface area contributed by atoms with E-state index < -0.39 is 431 Å². The van der Waals surface area contributed by atoms with Crippen LogP contribution in [-0.2, 0) is 21.7 Å². The number of hydrogen-bond acceptors (Lipinski definition) is 6. The zero-order valence-corrected chi connectivity index (χ0v) is 56.9. The summed E-state index contributed by atoms with van der Waals surface area (Å²) < 4.78 is 467. The van der Waals surface area contributed by atoms with Crippen molar-refractivity contribution in [2.24, 2.45) is 0 Å². The van der Waals surface area contributed by atoms with Gasteiger partial charge in [0.15, 0.2) is 0 Å². The minimum atomic E-state index is -3.91. The van der Waals surface area contributed by atoms with Gasteiger partial charge in [0.1, 0.15) is 23.3 Å². The van der Waals surface area contributed by atoms with Crippen LogP contribution in [0.4, 0.5) is 85.8 Å². The Hall–Kier alpha value is -9.61. The average Bonchev–Trinajstić information content (AvgIpc) is 0.736. The van der Waals surface area contributed by atoms with Crippen molar-refractivity contribution in [3.8, 4) is 22.3 Å². The maximum Gasteiger partial charge on any atom is 0.264 e. The fraction of sp³-hybridized carbons (Fsp3) is 0.205. The van der Waals surface area contributed by atoms with E-state index in [-0.39, 0.29) is 44.9 Å². The SMILES string of the molecule is [2H]c1c([2H])c(F)c(-c2c([2H])c([2H])c3sc4c(c3c2[2H])N(c2c([2H])c([2H])c(C(C)(C)C)c([2H])c2[2H])c2c([2H])c(C([2H])([2H])[2H])c([2H])c3c2B4c2c([2H])c4c(c([2H])c2N3c2c([2H])c([2H])c(C(C)(C)C)c([2H])c2[2H])B2c3sc5c([2H])c([2H])c(-c6c(F)c([2H])c([2H])c([2H])c6F)c([2H])c5c3N(c3c([2H])c([2H])c(C(C)(C)C)c([2H])c3[2H])c3c([2H])c(C([2H])([2H])[2H])c([2H])c(c32)N4c2c([2H])c([2H])c(C(C)(C)C)c([2H])c2[2H])c(F)c1[2H]. The van der Waals surface area contributed by atoms with Crippen LogP contribution in [-0.4, -0.2) is 13.4 Å². The highest BCUT2D eigenvalue weighted by molar-refractivity contribution is 7.34. The molecule has 0 saturated heterocycles. The Morgan fingerprint density at radius 3 is 0.920 bits per heavy atom. The third kappa shape index (κ3) is 9.96. The van der Waals surface area contributed by atoms with Crippen LogP contribution in [0.3, 0.4) is 0 Å². The van der Waals surface area contributed by atoms with Gasteiger partial charge in [-0.25, -0.2) is 17.6 Å². The first-order valence-corrected chi connectivity index (χ1v) is 33.1. The van der Waals surface area contributed by atoms with E-state index in [9.17, 15) is 46.6 Å². The molecular formula is C88H76B2F4N4S2. The third-order valence-electron chi connectivity index (χ3n) is 17.8. The molecule has 0 bridgehead atoms. The second-order valence-electron chi connectivity index (χ2n) is 28.6. The van der Waals surface area contributed by atoms with Crippen molar-refractivity contribution in [3.63, 3.8) is 0 Å². The molecule has 6 heterocycles. The first-order chi connectivity index (χ1) is 64.3. The van der Waals surface area contributed by atoms with Gasteiger partial charge in [-0.1, -0.05) is 156 Å². The second kappa shape index (κ2) is 22.4. The third-order valence-corrected chi connectivity index (χ3v) is 20.1. The van der Waals surface area contributed by atoms with Crippen molar-refractivity contribution in [1.82, 2.24) is 0 Å². The Balaban J connectivity index is 1.21. The number of rotatable bonds is 6. The van der Waals surface area contributed by atoms with Gasteiger partial charge < -0.3 is 19.6 Å². The smallest absolute Gasteiger partial charge is 0.264 e. The van der Waals surface area contributed by atoms with Gasteiger partial charge in [0, 0.05) is 94.8 Å². The topological polar surface area (TPSA) is 13.0 Å². The molecule has 4 aliphatic heterocycles. The van der Waals surface area contributed by atoms with Crippen LogP contribution < -0.4 is 51.0 Å². The largest absolute Gasteiger partial charge is 0.311 e. The van der Waals surface area contributed by atoms with E-state index in [0.717, 1.165) is 0 Å². The first kappa shape index (κ1) is 33.7. The Kier molecular flexibility index (Phi) is 7.57. The molecule has 4 nitrogen and oxygen atoms in total. The fourth-order valence-electron chi connectivity index (χ4n) is 13.0. The summed E-state index contributed by atoms with van der Waals surface area (Å²) in [5.41, 5.74) is -31.3. The van der Waals surface area contributed by atoms with E-state index in [1.807, 2.05) is 0 Å². The monoisotopic (exact) mass is 1390 g/mol. The van der Waals surface area contributed by atoms with Crippen LogP contribution in [0.15, 0.2) is 205 Å². The van der Waals surface area contributed by atoms with Crippen LogP contribution in [0.2, 0.25) is 0 Å². The number of hydrogen-bond donors (Lipinski definition) is 0. The number of thiophene rings is 2. The molecule has 0 unspecified atom stereocenters. The molecule has 0 spiro atoms. The van der Waals surface area contributed by atoms with Crippen LogP contribution >= 0.6 is 22.7 Å². The first-order valence-electron chi connectivity index (χ1n) is 51.5. The highest BCUT2D eigenvalue weighted by Crippen LogP contribution is 2.54. The van der Waals surface area contributed by atoms with Crippen molar-refractivity contribution in [1.29, 1.82) is 0 Å². The van der Waals surface area contributed by atoms with E-state index in [2.05, 4.69) is 0 Å². The molecule has 13 aromatic rings. The fourth-order valence-corrected chi connectivity index (χ4v) is 15.4. The Bertz CT molecular complexity index is 7350. The molecule has 0 fully saturated rings. The summed E-state index contributed by atoms with van der Waals surface area (Å²) in [6.45, 7) is 5.21. The van der Waals surface area contributed by atoms with Gasteiger partial charge in [-0.05, 0) is 235 Å².